The Balaban J connectivity index is 2.65. The van der Waals surface area contributed by atoms with Gasteiger partial charge in [-0.1, -0.05) is 12.1 Å². The summed E-state index contributed by atoms with van der Waals surface area (Å²) in [6.45, 7) is 6.12. The average Bonchev–Trinajstić information content (AvgIpc) is 2.38. The topological polar surface area (TPSA) is 93.4 Å². The molecule has 0 spiro atoms. The molecule has 20 heavy (non-hydrogen) atoms. The van der Waals surface area contributed by atoms with E-state index in [2.05, 4.69) is 5.32 Å². The number of urea groups is 1. The van der Waals surface area contributed by atoms with Crippen LogP contribution in [0, 0.1) is 0 Å². The van der Waals surface area contributed by atoms with Crippen molar-refractivity contribution in [1.29, 1.82) is 0 Å². The molecule has 0 aliphatic carbocycles. The summed E-state index contributed by atoms with van der Waals surface area (Å²) in [7, 11) is 0. The molecule has 110 valence electrons. The number of rotatable bonds is 6. The van der Waals surface area contributed by atoms with Gasteiger partial charge in [-0.3, -0.25) is 15.4 Å². The first-order valence-corrected chi connectivity index (χ1v) is 6.53. The molecule has 2 atom stereocenters. The van der Waals surface area contributed by atoms with Gasteiger partial charge in [0.25, 0.3) is 0 Å². The van der Waals surface area contributed by atoms with Gasteiger partial charge in [0, 0.05) is 6.04 Å². The van der Waals surface area contributed by atoms with Crippen molar-refractivity contribution in [2.75, 3.05) is 6.61 Å². The van der Waals surface area contributed by atoms with Crippen LogP contribution in [0.4, 0.5) is 4.79 Å². The Morgan fingerprint density at radius 1 is 1.35 bits per heavy atom. The van der Waals surface area contributed by atoms with Gasteiger partial charge in [-0.25, -0.2) is 4.79 Å². The Kier molecular flexibility index (Phi) is 5.99. The van der Waals surface area contributed by atoms with Gasteiger partial charge < -0.3 is 10.5 Å². The van der Waals surface area contributed by atoms with E-state index in [1.54, 1.807) is 6.92 Å². The van der Waals surface area contributed by atoms with Crippen molar-refractivity contribution >= 4 is 11.9 Å². The smallest absolute Gasteiger partial charge is 0.318 e. The van der Waals surface area contributed by atoms with Crippen molar-refractivity contribution in [3.8, 4) is 5.75 Å². The molecule has 0 saturated carbocycles. The highest BCUT2D eigenvalue weighted by atomic mass is 16.5. The van der Waals surface area contributed by atoms with Gasteiger partial charge >= 0.3 is 6.03 Å². The molecule has 0 saturated heterocycles. The number of nitrogens with one attached hydrogen (secondary N) is 2. The van der Waals surface area contributed by atoms with E-state index in [9.17, 15) is 9.59 Å². The highest BCUT2D eigenvalue weighted by Crippen LogP contribution is 2.19. The number of carbonyl (C=O) groups excluding carboxylic acids is 2. The minimum absolute atomic E-state index is 0.0657. The summed E-state index contributed by atoms with van der Waals surface area (Å²) in [6, 6.07) is 6.18. The minimum atomic E-state index is -0.852. The van der Waals surface area contributed by atoms with E-state index in [1.165, 1.54) is 0 Å². The van der Waals surface area contributed by atoms with Gasteiger partial charge in [0.15, 0.2) is 0 Å². The van der Waals surface area contributed by atoms with Crippen molar-refractivity contribution in [1.82, 2.24) is 10.6 Å². The Hall–Kier alpha value is -2.08. The lowest BCUT2D eigenvalue weighted by Crippen LogP contribution is -2.47. The molecule has 0 aliphatic rings. The van der Waals surface area contributed by atoms with Crippen molar-refractivity contribution < 1.29 is 14.3 Å². The Bertz CT molecular complexity index is 476. The highest BCUT2D eigenvalue weighted by molar-refractivity contribution is 5.96. The number of nitrogens with two attached hydrogens (primary N) is 1. The van der Waals surface area contributed by atoms with Crippen LogP contribution in [-0.2, 0) is 4.79 Å². The second-order valence-electron chi connectivity index (χ2n) is 4.47. The number of carbonyl (C=O) groups is 2. The normalized spacial score (nSPS) is 13.3. The monoisotopic (exact) mass is 279 g/mol. The lowest BCUT2D eigenvalue weighted by Gasteiger charge is -2.19. The lowest BCUT2D eigenvalue weighted by atomic mass is 10.1. The van der Waals surface area contributed by atoms with Gasteiger partial charge in [-0.2, -0.15) is 0 Å². The van der Waals surface area contributed by atoms with E-state index in [1.807, 2.05) is 43.4 Å². The van der Waals surface area contributed by atoms with E-state index in [0.717, 1.165) is 11.3 Å². The van der Waals surface area contributed by atoms with Crippen LogP contribution in [0.15, 0.2) is 24.3 Å². The number of primary amides is 1. The molecule has 1 aromatic carbocycles. The lowest BCUT2D eigenvalue weighted by molar-refractivity contribution is -0.121. The second kappa shape index (κ2) is 7.49. The summed E-state index contributed by atoms with van der Waals surface area (Å²) in [5.74, 6) is 0.332. The predicted molar refractivity (Wildman–Crippen MR) is 76.3 cm³/mol. The van der Waals surface area contributed by atoms with Gasteiger partial charge in [-0.15, -0.1) is 0 Å². The molecule has 0 heterocycles. The molecule has 0 radical (unpaired) electrons. The highest BCUT2D eigenvalue weighted by Gasteiger charge is 2.17. The van der Waals surface area contributed by atoms with E-state index in [-0.39, 0.29) is 6.04 Å². The number of imide groups is 1. The van der Waals surface area contributed by atoms with Crippen molar-refractivity contribution in [3.63, 3.8) is 0 Å². The summed E-state index contributed by atoms with van der Waals surface area (Å²) in [6.07, 6.45) is 0. The van der Waals surface area contributed by atoms with Crippen LogP contribution in [-0.4, -0.2) is 24.6 Å². The van der Waals surface area contributed by atoms with Gasteiger partial charge in [0.05, 0.1) is 12.6 Å². The maximum absolute atomic E-state index is 11.6. The Morgan fingerprint density at radius 2 is 2.05 bits per heavy atom. The number of ether oxygens (including phenoxy) is 1. The SMILES string of the molecule is CCOc1cccc(C(C)NC(C)C(=O)NC(N)=O)c1. The largest absolute Gasteiger partial charge is 0.494 e. The molecule has 0 aromatic heterocycles. The van der Waals surface area contributed by atoms with E-state index < -0.39 is 18.0 Å². The molecule has 3 amide bonds. The zero-order valence-corrected chi connectivity index (χ0v) is 12.0. The fraction of sp³-hybridized carbons (Fsp3) is 0.429. The maximum atomic E-state index is 11.6. The first-order valence-electron chi connectivity index (χ1n) is 6.53. The van der Waals surface area contributed by atoms with Crippen LogP contribution in [0.1, 0.15) is 32.4 Å². The van der Waals surface area contributed by atoms with Crippen LogP contribution >= 0.6 is 0 Å². The standard InChI is InChI=1S/C14H21N3O3/c1-4-20-12-7-5-6-11(8-12)9(2)16-10(3)13(18)17-14(15)19/h5-10,16H,4H2,1-3H3,(H3,15,17,18,19). The van der Waals surface area contributed by atoms with E-state index >= 15 is 0 Å². The van der Waals surface area contributed by atoms with Crippen molar-refractivity contribution in [2.45, 2.75) is 32.9 Å². The third kappa shape index (κ3) is 4.89. The van der Waals surface area contributed by atoms with Crippen LogP contribution in [0.2, 0.25) is 0 Å². The van der Waals surface area contributed by atoms with Gasteiger partial charge in [0.2, 0.25) is 5.91 Å². The van der Waals surface area contributed by atoms with Crippen LogP contribution in [0.5, 0.6) is 5.75 Å². The fourth-order valence-corrected chi connectivity index (χ4v) is 1.82. The summed E-state index contributed by atoms with van der Waals surface area (Å²) >= 11 is 0. The summed E-state index contributed by atoms with van der Waals surface area (Å²) in [4.78, 5) is 22.2. The molecule has 0 bridgehead atoms. The summed E-state index contributed by atoms with van der Waals surface area (Å²) < 4.78 is 5.43. The van der Waals surface area contributed by atoms with Gasteiger partial charge in [0.1, 0.15) is 5.75 Å². The Labute approximate surface area is 118 Å². The summed E-state index contributed by atoms with van der Waals surface area (Å²) in [5.41, 5.74) is 5.91. The first kappa shape index (κ1) is 16.0. The predicted octanol–water partition coefficient (Wildman–Crippen LogP) is 1.32. The molecule has 6 nitrogen and oxygen atoms in total. The Morgan fingerprint density at radius 3 is 2.65 bits per heavy atom. The molecule has 1 rings (SSSR count). The quantitative estimate of drug-likeness (QED) is 0.732. The first-order chi connectivity index (χ1) is 9.43. The molecule has 6 heteroatoms. The zero-order valence-electron chi connectivity index (χ0n) is 12.0. The third-order valence-electron chi connectivity index (χ3n) is 2.81. The van der Waals surface area contributed by atoms with Crippen LogP contribution < -0.4 is 21.1 Å². The molecule has 1 aromatic rings. The minimum Gasteiger partial charge on any atom is -0.494 e. The molecule has 2 unspecified atom stereocenters. The van der Waals surface area contributed by atoms with Crippen molar-refractivity contribution in [3.05, 3.63) is 29.8 Å². The molecular formula is C14H21N3O3. The molecule has 0 fully saturated rings. The molecule has 0 aliphatic heterocycles. The number of hydrogen-bond donors (Lipinski definition) is 3. The maximum Gasteiger partial charge on any atom is 0.318 e. The fourth-order valence-electron chi connectivity index (χ4n) is 1.82. The average molecular weight is 279 g/mol. The second-order valence-corrected chi connectivity index (χ2v) is 4.47. The molecular weight excluding hydrogens is 258 g/mol. The van der Waals surface area contributed by atoms with Gasteiger partial charge in [-0.05, 0) is 38.5 Å². The number of benzene rings is 1. The molecule has 4 N–H and O–H groups in total. The van der Waals surface area contributed by atoms with E-state index in [0.29, 0.717) is 6.61 Å². The summed E-state index contributed by atoms with van der Waals surface area (Å²) in [5, 5.41) is 5.14. The van der Waals surface area contributed by atoms with Crippen LogP contribution in [0.25, 0.3) is 0 Å². The van der Waals surface area contributed by atoms with E-state index in [4.69, 9.17) is 10.5 Å². The van der Waals surface area contributed by atoms with Crippen LogP contribution in [0.3, 0.4) is 0 Å². The third-order valence-corrected chi connectivity index (χ3v) is 2.81. The number of hydrogen-bond acceptors (Lipinski definition) is 4. The number of amides is 3. The van der Waals surface area contributed by atoms with Crippen molar-refractivity contribution in [2.24, 2.45) is 5.73 Å². The zero-order chi connectivity index (χ0) is 15.1.